The van der Waals surface area contributed by atoms with Gasteiger partial charge in [0.2, 0.25) is 0 Å². The molecule has 6 nitrogen and oxygen atoms in total. The molecule has 2 unspecified atom stereocenters. The Hall–Kier alpha value is -1.36. The highest BCUT2D eigenvalue weighted by atomic mass is 31.2. The smallest absolute Gasteiger partial charge is 0.321 e. The molecule has 0 bridgehead atoms. The molecule has 1 aliphatic rings. The van der Waals surface area contributed by atoms with Gasteiger partial charge in [0.05, 0.1) is 19.0 Å². The zero-order valence-electron chi connectivity index (χ0n) is 15.2. The second-order valence-corrected chi connectivity index (χ2v) is 8.99. The van der Waals surface area contributed by atoms with Crippen molar-refractivity contribution in [1.29, 1.82) is 0 Å². The van der Waals surface area contributed by atoms with Gasteiger partial charge in [-0.25, -0.2) is 4.67 Å². The lowest BCUT2D eigenvalue weighted by Gasteiger charge is -2.36. The maximum absolute atomic E-state index is 13.9. The van der Waals surface area contributed by atoms with E-state index in [0.29, 0.717) is 24.2 Å². The molecule has 0 aliphatic carbocycles. The van der Waals surface area contributed by atoms with E-state index in [1.54, 1.807) is 36.0 Å². The zero-order valence-corrected chi connectivity index (χ0v) is 16.1. The summed E-state index contributed by atoms with van der Waals surface area (Å²) in [7, 11) is -1.90. The molecule has 1 aromatic rings. The molecule has 1 N–H and O–H groups in total. The average Bonchev–Trinajstić information content (AvgIpc) is 2.67. The number of carboxylic acid groups (broad SMARTS) is 1. The van der Waals surface area contributed by atoms with Crippen LogP contribution in [0, 0.1) is 5.92 Å². The monoisotopic (exact) mass is 369 g/mol. The molecule has 2 atom stereocenters. The summed E-state index contributed by atoms with van der Waals surface area (Å²) in [4.78, 5) is 11.9. The highest BCUT2D eigenvalue weighted by Crippen LogP contribution is 2.52. The standard InChI is InChI=1S/C18H28NO5P/c1-14(2)17(18(20)21)19-12-6-4-5-7-13-24-25(19,22)16-10-8-15(23-3)9-11-16/h8-11,14,17H,4-7,12-13H2,1-3H3,(H,20,21). The van der Waals surface area contributed by atoms with Crippen molar-refractivity contribution in [1.82, 2.24) is 4.67 Å². The number of aliphatic carboxylic acids is 1. The fraction of sp³-hybridized carbons (Fsp3) is 0.611. The zero-order chi connectivity index (χ0) is 18.4. The minimum absolute atomic E-state index is 0.187. The number of nitrogens with zero attached hydrogens (tertiary/aromatic N) is 1. The summed E-state index contributed by atoms with van der Waals surface area (Å²) in [6, 6.07) is 6.03. The van der Waals surface area contributed by atoms with E-state index in [1.807, 2.05) is 13.8 Å². The number of hydrogen-bond acceptors (Lipinski definition) is 4. The van der Waals surface area contributed by atoms with Gasteiger partial charge >= 0.3 is 13.5 Å². The number of hydrogen-bond donors (Lipinski definition) is 1. The minimum Gasteiger partial charge on any atom is -0.497 e. The summed E-state index contributed by atoms with van der Waals surface area (Å²) in [6.45, 7) is 4.48. The Kier molecular flexibility index (Phi) is 7.05. The molecular formula is C18H28NO5P. The third-order valence-electron chi connectivity index (χ3n) is 4.49. The first-order chi connectivity index (χ1) is 11.9. The van der Waals surface area contributed by atoms with Crippen molar-refractivity contribution in [2.75, 3.05) is 20.3 Å². The van der Waals surface area contributed by atoms with Crippen molar-refractivity contribution >= 4 is 18.8 Å². The molecule has 140 valence electrons. The first-order valence-electron chi connectivity index (χ1n) is 8.79. The second kappa shape index (κ2) is 8.84. The van der Waals surface area contributed by atoms with Crippen molar-refractivity contribution in [3.63, 3.8) is 0 Å². The van der Waals surface area contributed by atoms with Gasteiger partial charge in [-0.1, -0.05) is 26.7 Å². The van der Waals surface area contributed by atoms with Gasteiger partial charge in [0.1, 0.15) is 11.8 Å². The third-order valence-corrected chi connectivity index (χ3v) is 7.10. The second-order valence-electron chi connectivity index (χ2n) is 6.66. The van der Waals surface area contributed by atoms with Crippen LogP contribution in [0.3, 0.4) is 0 Å². The highest BCUT2D eigenvalue weighted by molar-refractivity contribution is 7.64. The first-order valence-corrected chi connectivity index (χ1v) is 10.4. The molecule has 0 amide bonds. The van der Waals surface area contributed by atoms with Gasteiger partial charge in [0.25, 0.3) is 0 Å². The van der Waals surface area contributed by atoms with E-state index in [1.165, 1.54) is 0 Å². The van der Waals surface area contributed by atoms with Gasteiger partial charge < -0.3 is 14.4 Å². The molecule has 25 heavy (non-hydrogen) atoms. The van der Waals surface area contributed by atoms with Gasteiger partial charge in [-0.05, 0) is 43.0 Å². The summed E-state index contributed by atoms with van der Waals surface area (Å²) < 4.78 is 26.6. The number of benzene rings is 1. The summed E-state index contributed by atoms with van der Waals surface area (Å²) in [6.07, 6.45) is 3.61. The van der Waals surface area contributed by atoms with Crippen molar-refractivity contribution in [3.05, 3.63) is 24.3 Å². The molecule has 0 saturated carbocycles. The molecule has 1 aliphatic heterocycles. The molecule has 2 rings (SSSR count). The van der Waals surface area contributed by atoms with Gasteiger partial charge in [0.15, 0.2) is 0 Å². The first kappa shape index (κ1) is 20.0. The largest absolute Gasteiger partial charge is 0.497 e. The topological polar surface area (TPSA) is 76.1 Å². The normalized spacial score (nSPS) is 24.2. The summed E-state index contributed by atoms with van der Waals surface area (Å²) >= 11 is 0. The van der Waals surface area contributed by atoms with Gasteiger partial charge in [0, 0.05) is 6.54 Å². The molecule has 1 heterocycles. The predicted octanol–water partition coefficient (Wildman–Crippen LogP) is 3.52. The fourth-order valence-electron chi connectivity index (χ4n) is 3.18. The number of ether oxygens (including phenoxy) is 1. The molecular weight excluding hydrogens is 341 g/mol. The van der Waals surface area contributed by atoms with E-state index in [-0.39, 0.29) is 5.92 Å². The van der Waals surface area contributed by atoms with Crippen LogP contribution in [0.4, 0.5) is 0 Å². The van der Waals surface area contributed by atoms with Crippen molar-refractivity contribution < 1.29 is 23.7 Å². The van der Waals surface area contributed by atoms with E-state index in [9.17, 15) is 14.5 Å². The van der Waals surface area contributed by atoms with Gasteiger partial charge in [-0.3, -0.25) is 9.36 Å². The van der Waals surface area contributed by atoms with Crippen molar-refractivity contribution in [3.8, 4) is 5.75 Å². The average molecular weight is 369 g/mol. The predicted molar refractivity (Wildman–Crippen MR) is 97.6 cm³/mol. The SMILES string of the molecule is COc1ccc(P2(=O)OCCCCCCN2C(C(=O)O)C(C)C)cc1. The number of rotatable bonds is 5. The van der Waals surface area contributed by atoms with Crippen LogP contribution in [0.2, 0.25) is 0 Å². The number of carbonyl (C=O) groups is 1. The van der Waals surface area contributed by atoms with Crippen LogP contribution < -0.4 is 10.0 Å². The molecule has 7 heteroatoms. The van der Waals surface area contributed by atoms with E-state index in [2.05, 4.69) is 0 Å². The van der Waals surface area contributed by atoms with Gasteiger partial charge in [-0.15, -0.1) is 0 Å². The lowest BCUT2D eigenvalue weighted by molar-refractivity contribution is -0.143. The number of carboxylic acids is 1. The molecule has 0 spiro atoms. The summed E-state index contributed by atoms with van der Waals surface area (Å²) in [5.41, 5.74) is 0. The third kappa shape index (κ3) is 4.63. The van der Waals surface area contributed by atoms with Crippen LogP contribution in [0.15, 0.2) is 24.3 Å². The Morgan fingerprint density at radius 3 is 2.40 bits per heavy atom. The summed E-state index contributed by atoms with van der Waals surface area (Å²) in [5.74, 6) is -0.496. The Morgan fingerprint density at radius 2 is 1.84 bits per heavy atom. The lowest BCUT2D eigenvalue weighted by atomic mass is 10.0. The Balaban J connectivity index is 2.49. The number of methoxy groups -OCH3 is 1. The quantitative estimate of drug-likeness (QED) is 0.801. The Labute approximate surface area is 149 Å². The summed E-state index contributed by atoms with van der Waals surface area (Å²) in [5, 5.41) is 10.3. The highest BCUT2D eigenvalue weighted by Gasteiger charge is 2.43. The van der Waals surface area contributed by atoms with Crippen LogP contribution in [-0.2, 0) is 13.9 Å². The van der Waals surface area contributed by atoms with Crippen LogP contribution in [0.1, 0.15) is 39.5 Å². The Morgan fingerprint density at radius 1 is 1.20 bits per heavy atom. The Bertz CT molecular complexity index is 616. The van der Waals surface area contributed by atoms with E-state index < -0.39 is 19.5 Å². The van der Waals surface area contributed by atoms with Crippen LogP contribution >= 0.6 is 7.52 Å². The maximum Gasteiger partial charge on any atom is 0.321 e. The maximum atomic E-state index is 13.9. The molecule has 1 aromatic carbocycles. The van der Waals surface area contributed by atoms with Crippen molar-refractivity contribution in [2.24, 2.45) is 5.92 Å². The minimum atomic E-state index is -3.47. The molecule has 0 radical (unpaired) electrons. The van der Waals surface area contributed by atoms with E-state index in [4.69, 9.17) is 9.26 Å². The van der Waals surface area contributed by atoms with Gasteiger partial charge in [-0.2, -0.15) is 0 Å². The molecule has 1 saturated heterocycles. The van der Waals surface area contributed by atoms with Crippen molar-refractivity contribution in [2.45, 2.75) is 45.6 Å². The lowest BCUT2D eigenvalue weighted by Crippen LogP contribution is -2.45. The van der Waals surface area contributed by atoms with E-state index >= 15 is 0 Å². The van der Waals surface area contributed by atoms with Crippen LogP contribution in [0.5, 0.6) is 5.75 Å². The van der Waals surface area contributed by atoms with E-state index in [0.717, 1.165) is 25.7 Å². The molecule has 1 fully saturated rings. The van der Waals surface area contributed by atoms with Crippen LogP contribution in [0.25, 0.3) is 0 Å². The fourth-order valence-corrected chi connectivity index (χ4v) is 5.77. The van der Waals surface area contributed by atoms with Crippen LogP contribution in [-0.4, -0.2) is 42.0 Å². The molecule has 0 aromatic heterocycles.